The molecule has 2 aromatic rings. The highest BCUT2D eigenvalue weighted by molar-refractivity contribution is 7.89. The maximum absolute atomic E-state index is 12.6. The minimum absolute atomic E-state index is 0. The first-order valence-corrected chi connectivity index (χ1v) is 11.7. The molecule has 0 spiro atoms. The molecular weight excluding hydrogens is 445 g/mol. The zero-order valence-electron chi connectivity index (χ0n) is 16.7. The average molecular weight is 472 g/mol. The molecule has 0 bridgehead atoms. The first-order chi connectivity index (χ1) is 13.9. The molecule has 1 amide bonds. The number of nitrogens with one attached hydrogen (secondary N) is 1. The Morgan fingerprint density at radius 1 is 0.967 bits per heavy atom. The molecule has 1 fully saturated rings. The van der Waals surface area contributed by atoms with E-state index >= 15 is 0 Å². The molecule has 1 heterocycles. The Hall–Kier alpha value is -1.64. The zero-order chi connectivity index (χ0) is 20.7. The number of piperazine rings is 1. The average Bonchev–Trinajstić information content (AvgIpc) is 2.73. The second-order valence-corrected chi connectivity index (χ2v) is 9.58. The van der Waals surface area contributed by atoms with Crippen molar-refractivity contribution in [3.63, 3.8) is 0 Å². The van der Waals surface area contributed by atoms with Crippen molar-refractivity contribution in [2.24, 2.45) is 0 Å². The van der Waals surface area contributed by atoms with Gasteiger partial charge in [-0.25, -0.2) is 8.42 Å². The highest BCUT2D eigenvalue weighted by Crippen LogP contribution is 2.11. The van der Waals surface area contributed by atoms with Crippen molar-refractivity contribution in [3.05, 3.63) is 70.7 Å². The summed E-state index contributed by atoms with van der Waals surface area (Å²) in [6, 6.07) is 16.8. The highest BCUT2D eigenvalue weighted by atomic mass is 35.5. The lowest BCUT2D eigenvalue weighted by Crippen LogP contribution is -2.50. The fraction of sp³-hybridized carbons (Fsp3) is 0.381. The largest absolute Gasteiger partial charge is 0.351 e. The second kappa shape index (κ2) is 11.7. The van der Waals surface area contributed by atoms with Gasteiger partial charge < -0.3 is 10.2 Å². The van der Waals surface area contributed by atoms with Gasteiger partial charge in [0.15, 0.2) is 0 Å². The van der Waals surface area contributed by atoms with Gasteiger partial charge in [-0.1, -0.05) is 41.9 Å². The van der Waals surface area contributed by atoms with Crippen molar-refractivity contribution >= 4 is 39.9 Å². The van der Waals surface area contributed by atoms with Crippen LogP contribution in [0.15, 0.2) is 54.6 Å². The molecular formula is C21H27Cl2N3O3S. The molecule has 6 nitrogen and oxygen atoms in total. The van der Waals surface area contributed by atoms with E-state index in [4.69, 9.17) is 11.6 Å². The summed E-state index contributed by atoms with van der Waals surface area (Å²) in [5, 5.41) is 3.21. The van der Waals surface area contributed by atoms with Crippen LogP contribution < -0.4 is 5.32 Å². The van der Waals surface area contributed by atoms with Gasteiger partial charge in [0.2, 0.25) is 10.0 Å². The maximum atomic E-state index is 12.6. The number of hydrogen-bond acceptors (Lipinski definition) is 4. The Balaban J connectivity index is 0.00000320. The molecule has 0 atom stereocenters. The van der Waals surface area contributed by atoms with Gasteiger partial charge in [-0.2, -0.15) is 4.31 Å². The molecule has 9 heteroatoms. The molecule has 0 unspecified atom stereocenters. The smallest absolute Gasteiger partial charge is 0.251 e. The van der Waals surface area contributed by atoms with E-state index < -0.39 is 10.0 Å². The summed E-state index contributed by atoms with van der Waals surface area (Å²) in [4.78, 5) is 14.4. The highest BCUT2D eigenvalue weighted by Gasteiger charge is 2.26. The van der Waals surface area contributed by atoms with Crippen LogP contribution in [0.5, 0.6) is 0 Å². The molecule has 0 aromatic heterocycles. The van der Waals surface area contributed by atoms with Crippen molar-refractivity contribution in [2.45, 2.75) is 6.42 Å². The summed E-state index contributed by atoms with van der Waals surface area (Å²) in [6.07, 6.45) is 0.963. The van der Waals surface area contributed by atoms with Gasteiger partial charge in [0.1, 0.15) is 0 Å². The lowest BCUT2D eigenvalue weighted by Gasteiger charge is -2.34. The van der Waals surface area contributed by atoms with Crippen LogP contribution in [-0.2, 0) is 16.4 Å². The third-order valence-corrected chi connectivity index (χ3v) is 7.16. The molecule has 3 rings (SSSR count). The topological polar surface area (TPSA) is 69.7 Å². The summed E-state index contributed by atoms with van der Waals surface area (Å²) in [6.45, 7) is 3.43. The van der Waals surface area contributed by atoms with Crippen LogP contribution in [0.25, 0.3) is 0 Å². The van der Waals surface area contributed by atoms with E-state index in [-0.39, 0.29) is 30.6 Å². The molecule has 1 aliphatic rings. The number of sulfonamides is 1. The number of carbonyl (C=O) groups is 1. The summed E-state index contributed by atoms with van der Waals surface area (Å²) < 4.78 is 26.7. The Labute approximate surface area is 189 Å². The van der Waals surface area contributed by atoms with Gasteiger partial charge in [-0.15, -0.1) is 12.4 Å². The van der Waals surface area contributed by atoms with E-state index in [0.717, 1.165) is 26.1 Å². The fourth-order valence-corrected chi connectivity index (χ4v) is 4.75. The molecule has 2 aromatic carbocycles. The van der Waals surface area contributed by atoms with E-state index in [9.17, 15) is 13.2 Å². The van der Waals surface area contributed by atoms with E-state index in [1.54, 1.807) is 24.3 Å². The number of rotatable bonds is 8. The van der Waals surface area contributed by atoms with Crippen LogP contribution in [0.3, 0.4) is 0 Å². The van der Waals surface area contributed by atoms with E-state index in [1.165, 1.54) is 9.87 Å². The zero-order valence-corrected chi connectivity index (χ0v) is 19.1. The number of halogens is 2. The summed E-state index contributed by atoms with van der Waals surface area (Å²) >= 11 is 5.81. The van der Waals surface area contributed by atoms with Crippen molar-refractivity contribution in [2.75, 3.05) is 45.0 Å². The number of amides is 1. The van der Waals surface area contributed by atoms with Crippen molar-refractivity contribution in [3.8, 4) is 0 Å². The van der Waals surface area contributed by atoms with Crippen molar-refractivity contribution < 1.29 is 13.2 Å². The molecule has 0 saturated carbocycles. The first-order valence-electron chi connectivity index (χ1n) is 9.72. The molecule has 1 N–H and O–H groups in total. The summed E-state index contributed by atoms with van der Waals surface area (Å²) in [7, 11) is -3.39. The third-order valence-electron chi connectivity index (χ3n) is 5.04. The molecule has 1 aliphatic heterocycles. The first kappa shape index (κ1) is 24.6. The molecule has 0 aliphatic carbocycles. The maximum Gasteiger partial charge on any atom is 0.251 e. The quantitative estimate of drug-likeness (QED) is 0.642. The predicted molar refractivity (Wildman–Crippen MR) is 123 cm³/mol. The normalized spacial score (nSPS) is 15.4. The van der Waals surface area contributed by atoms with Crippen LogP contribution >= 0.6 is 24.0 Å². The predicted octanol–water partition coefficient (Wildman–Crippen LogP) is 2.68. The summed E-state index contributed by atoms with van der Waals surface area (Å²) in [5.74, 6) is -0.404. The van der Waals surface area contributed by atoms with E-state index in [0.29, 0.717) is 23.7 Å². The minimum Gasteiger partial charge on any atom is -0.351 e. The van der Waals surface area contributed by atoms with Gasteiger partial charge in [0.25, 0.3) is 5.91 Å². The Morgan fingerprint density at radius 2 is 1.60 bits per heavy atom. The fourth-order valence-electron chi connectivity index (χ4n) is 3.29. The molecule has 30 heavy (non-hydrogen) atoms. The van der Waals surface area contributed by atoms with Crippen LogP contribution in [0.4, 0.5) is 0 Å². The van der Waals surface area contributed by atoms with Crippen LogP contribution in [0, 0.1) is 0 Å². The van der Waals surface area contributed by atoms with Crippen molar-refractivity contribution in [1.82, 2.24) is 14.5 Å². The lowest BCUT2D eigenvalue weighted by molar-refractivity contribution is 0.0956. The van der Waals surface area contributed by atoms with Gasteiger partial charge in [0.05, 0.1) is 5.75 Å². The van der Waals surface area contributed by atoms with Gasteiger partial charge >= 0.3 is 0 Å². The SMILES string of the molecule is Cl.O=C(NCCS(=O)(=O)N1CCN(CCc2ccccc2)CC1)c1ccc(Cl)cc1. The monoisotopic (exact) mass is 471 g/mol. The Kier molecular flexibility index (Phi) is 9.58. The van der Waals surface area contributed by atoms with Crippen LogP contribution in [0.2, 0.25) is 5.02 Å². The third kappa shape index (κ3) is 7.25. The van der Waals surface area contributed by atoms with E-state index in [1.807, 2.05) is 18.2 Å². The number of nitrogens with zero attached hydrogens (tertiary/aromatic N) is 2. The van der Waals surface area contributed by atoms with Gasteiger partial charge in [-0.05, 0) is 36.2 Å². The lowest BCUT2D eigenvalue weighted by atomic mass is 10.1. The standard InChI is InChI=1S/C21H26ClN3O3S.ClH/c22-20-8-6-19(7-9-20)21(26)23-11-17-29(27,28)25-15-13-24(14-16-25)12-10-18-4-2-1-3-5-18;/h1-9H,10-17H2,(H,23,26);1H. The van der Waals surface area contributed by atoms with Crippen LogP contribution in [0.1, 0.15) is 15.9 Å². The second-order valence-electron chi connectivity index (χ2n) is 7.06. The Morgan fingerprint density at radius 3 is 2.23 bits per heavy atom. The minimum atomic E-state index is -3.39. The number of hydrogen-bond donors (Lipinski definition) is 1. The van der Waals surface area contributed by atoms with Crippen LogP contribution in [-0.4, -0.2) is 68.6 Å². The van der Waals surface area contributed by atoms with Gasteiger partial charge in [0, 0.05) is 49.9 Å². The van der Waals surface area contributed by atoms with Gasteiger partial charge in [-0.3, -0.25) is 4.79 Å². The van der Waals surface area contributed by atoms with Crippen molar-refractivity contribution in [1.29, 1.82) is 0 Å². The molecule has 0 radical (unpaired) electrons. The number of carbonyl (C=O) groups excluding carboxylic acids is 1. The number of benzene rings is 2. The van der Waals surface area contributed by atoms with E-state index in [2.05, 4.69) is 22.3 Å². The molecule has 1 saturated heterocycles. The molecule has 164 valence electrons. The summed E-state index contributed by atoms with van der Waals surface area (Å²) in [5.41, 5.74) is 1.75. The Bertz CT molecular complexity index is 901.